The van der Waals surface area contributed by atoms with E-state index in [4.69, 9.17) is 4.84 Å². The van der Waals surface area contributed by atoms with Gasteiger partial charge in [-0.15, -0.1) is 0 Å². The average Bonchev–Trinajstić information content (AvgIpc) is 2.42. The molecule has 0 heterocycles. The van der Waals surface area contributed by atoms with Crippen molar-refractivity contribution in [1.82, 2.24) is 5.48 Å². The van der Waals surface area contributed by atoms with Crippen molar-refractivity contribution in [2.24, 2.45) is 0 Å². The molecule has 0 fully saturated rings. The lowest BCUT2D eigenvalue weighted by molar-refractivity contribution is 0.0235. The zero-order chi connectivity index (χ0) is 13.7. The van der Waals surface area contributed by atoms with Crippen molar-refractivity contribution < 1.29 is 9.94 Å². The van der Waals surface area contributed by atoms with Gasteiger partial charge >= 0.3 is 0 Å². The molecule has 0 saturated carbocycles. The van der Waals surface area contributed by atoms with E-state index in [0.29, 0.717) is 22.1 Å². The van der Waals surface area contributed by atoms with Gasteiger partial charge in [0.2, 0.25) is 0 Å². The van der Waals surface area contributed by atoms with E-state index in [1.165, 1.54) is 0 Å². The highest BCUT2D eigenvalue weighted by Gasteiger charge is 2.05. The Kier molecular flexibility index (Phi) is 5.39. The number of halogens is 2. The van der Waals surface area contributed by atoms with Crippen LogP contribution in [0.15, 0.2) is 51.4 Å². The fraction of sp³-hybridized carbons (Fsp3) is 0.143. The second kappa shape index (κ2) is 7.05. The summed E-state index contributed by atoms with van der Waals surface area (Å²) in [6.45, 7) is 1.07. The van der Waals surface area contributed by atoms with E-state index in [0.717, 1.165) is 11.1 Å². The quantitative estimate of drug-likeness (QED) is 0.599. The number of aromatic hydroxyl groups is 1. The molecule has 0 unspecified atom stereocenters. The fourth-order valence-electron chi connectivity index (χ4n) is 1.56. The number of phenolic OH excluding ortho intramolecular Hbond substituents is 1. The minimum Gasteiger partial charge on any atom is -0.506 e. The highest BCUT2D eigenvalue weighted by atomic mass is 79.9. The molecule has 0 aliphatic rings. The zero-order valence-electron chi connectivity index (χ0n) is 10.1. The lowest BCUT2D eigenvalue weighted by Crippen LogP contribution is -2.13. The largest absolute Gasteiger partial charge is 0.506 e. The van der Waals surface area contributed by atoms with Crippen LogP contribution < -0.4 is 5.48 Å². The maximum absolute atomic E-state index is 9.61. The Labute approximate surface area is 128 Å². The predicted molar refractivity (Wildman–Crippen MR) is 81.6 cm³/mol. The smallest absolute Gasteiger partial charge is 0.143 e. The first kappa shape index (κ1) is 14.5. The summed E-state index contributed by atoms with van der Waals surface area (Å²) in [5.74, 6) is 0.203. The van der Waals surface area contributed by atoms with Gasteiger partial charge in [-0.1, -0.05) is 30.3 Å². The van der Waals surface area contributed by atoms with Crippen LogP contribution in [0.5, 0.6) is 5.75 Å². The molecule has 2 N–H and O–H groups in total. The number of hydrogen-bond donors (Lipinski definition) is 2. The molecule has 0 spiro atoms. The Balaban J connectivity index is 1.83. The summed E-state index contributed by atoms with van der Waals surface area (Å²) in [5, 5.41) is 9.61. The number of rotatable bonds is 5. The van der Waals surface area contributed by atoms with Crippen molar-refractivity contribution >= 4 is 31.9 Å². The molecule has 0 aliphatic carbocycles. The van der Waals surface area contributed by atoms with Crippen LogP contribution in [0, 0.1) is 0 Å². The number of nitrogens with one attached hydrogen (secondary N) is 1. The number of phenols is 1. The van der Waals surface area contributed by atoms with Crippen LogP contribution in [0.4, 0.5) is 0 Å². The summed E-state index contributed by atoms with van der Waals surface area (Å²) in [5.41, 5.74) is 5.02. The molecule has 0 radical (unpaired) electrons. The van der Waals surface area contributed by atoms with E-state index < -0.39 is 0 Å². The van der Waals surface area contributed by atoms with Gasteiger partial charge < -0.3 is 5.11 Å². The lowest BCUT2D eigenvalue weighted by Gasteiger charge is -2.08. The monoisotopic (exact) mass is 385 g/mol. The minimum absolute atomic E-state index is 0.203. The van der Waals surface area contributed by atoms with Gasteiger partial charge in [0.15, 0.2) is 0 Å². The molecule has 0 atom stereocenters. The maximum atomic E-state index is 9.61. The Morgan fingerprint density at radius 1 is 1.00 bits per heavy atom. The molecule has 0 amide bonds. The summed E-state index contributed by atoms with van der Waals surface area (Å²) in [6.07, 6.45) is 0. The van der Waals surface area contributed by atoms with Crippen LogP contribution in [0.25, 0.3) is 0 Å². The minimum atomic E-state index is 0.203. The molecule has 0 aromatic heterocycles. The highest BCUT2D eigenvalue weighted by molar-refractivity contribution is 9.11. The highest BCUT2D eigenvalue weighted by Crippen LogP contribution is 2.33. The van der Waals surface area contributed by atoms with Gasteiger partial charge in [0.25, 0.3) is 0 Å². The van der Waals surface area contributed by atoms with Crippen LogP contribution in [-0.4, -0.2) is 5.11 Å². The van der Waals surface area contributed by atoms with E-state index >= 15 is 0 Å². The van der Waals surface area contributed by atoms with Crippen molar-refractivity contribution in [3.63, 3.8) is 0 Å². The lowest BCUT2D eigenvalue weighted by atomic mass is 10.2. The molecule has 2 rings (SSSR count). The second-order valence-electron chi connectivity index (χ2n) is 4.00. The van der Waals surface area contributed by atoms with E-state index in [-0.39, 0.29) is 5.75 Å². The molecule has 2 aromatic carbocycles. The van der Waals surface area contributed by atoms with E-state index in [2.05, 4.69) is 37.3 Å². The molecule has 19 heavy (non-hydrogen) atoms. The number of benzene rings is 2. The van der Waals surface area contributed by atoms with Gasteiger partial charge in [0.05, 0.1) is 15.6 Å². The van der Waals surface area contributed by atoms with Gasteiger partial charge in [0, 0.05) is 6.54 Å². The topological polar surface area (TPSA) is 41.5 Å². The summed E-state index contributed by atoms with van der Waals surface area (Å²) in [7, 11) is 0. The second-order valence-corrected chi connectivity index (χ2v) is 5.71. The van der Waals surface area contributed by atoms with Crippen molar-refractivity contribution in [2.45, 2.75) is 13.2 Å². The standard InChI is InChI=1S/C14H13Br2NO2/c15-12-6-11(7-13(16)14(12)18)8-17-19-9-10-4-2-1-3-5-10/h1-7,17-18H,8-9H2. The van der Waals surface area contributed by atoms with Crippen molar-refractivity contribution in [3.8, 4) is 5.75 Å². The fourth-order valence-corrected chi connectivity index (χ4v) is 2.84. The molecule has 0 saturated heterocycles. The average molecular weight is 387 g/mol. The predicted octanol–water partition coefficient (Wildman–Crippen LogP) is 4.14. The SMILES string of the molecule is Oc1c(Br)cc(CNOCc2ccccc2)cc1Br. The molecule has 2 aromatic rings. The molecular formula is C14H13Br2NO2. The van der Waals surface area contributed by atoms with E-state index in [1.54, 1.807) is 0 Å². The molecule has 5 heteroatoms. The normalized spacial score (nSPS) is 10.6. The number of hydrogen-bond acceptors (Lipinski definition) is 3. The van der Waals surface area contributed by atoms with Gasteiger partial charge in [-0.05, 0) is 55.1 Å². The zero-order valence-corrected chi connectivity index (χ0v) is 13.2. The summed E-state index contributed by atoms with van der Waals surface area (Å²) >= 11 is 6.59. The summed E-state index contributed by atoms with van der Waals surface area (Å²) in [6, 6.07) is 13.6. The molecule has 0 bridgehead atoms. The van der Waals surface area contributed by atoms with E-state index in [1.807, 2.05) is 42.5 Å². The third kappa shape index (κ3) is 4.31. The number of hydroxylamine groups is 1. The maximum Gasteiger partial charge on any atom is 0.143 e. The first-order valence-corrected chi connectivity index (χ1v) is 7.31. The van der Waals surface area contributed by atoms with Crippen molar-refractivity contribution in [3.05, 3.63) is 62.5 Å². The van der Waals surface area contributed by atoms with Gasteiger partial charge in [0.1, 0.15) is 5.75 Å². The molecular weight excluding hydrogens is 374 g/mol. The van der Waals surface area contributed by atoms with Gasteiger partial charge in [-0.25, -0.2) is 0 Å². The third-order valence-electron chi connectivity index (χ3n) is 2.54. The van der Waals surface area contributed by atoms with E-state index in [9.17, 15) is 5.11 Å². The molecule has 0 aliphatic heterocycles. The van der Waals surface area contributed by atoms with Crippen molar-refractivity contribution in [1.29, 1.82) is 0 Å². The molecule has 100 valence electrons. The third-order valence-corrected chi connectivity index (χ3v) is 3.75. The Morgan fingerprint density at radius 3 is 2.26 bits per heavy atom. The first-order chi connectivity index (χ1) is 9.16. The summed E-state index contributed by atoms with van der Waals surface area (Å²) in [4.78, 5) is 5.39. The van der Waals surface area contributed by atoms with Gasteiger partial charge in [-0.3, -0.25) is 4.84 Å². The first-order valence-electron chi connectivity index (χ1n) is 5.72. The summed E-state index contributed by atoms with van der Waals surface area (Å²) < 4.78 is 1.31. The van der Waals surface area contributed by atoms with Crippen LogP contribution in [0.3, 0.4) is 0 Å². The van der Waals surface area contributed by atoms with Crippen LogP contribution in [0.2, 0.25) is 0 Å². The van der Waals surface area contributed by atoms with Crippen molar-refractivity contribution in [2.75, 3.05) is 0 Å². The van der Waals surface area contributed by atoms with Crippen LogP contribution >= 0.6 is 31.9 Å². The Bertz CT molecular complexity index is 523. The Hall–Kier alpha value is -0.880. The molecule has 3 nitrogen and oxygen atoms in total. The van der Waals surface area contributed by atoms with Gasteiger partial charge in [-0.2, -0.15) is 5.48 Å². The van der Waals surface area contributed by atoms with Crippen LogP contribution in [0.1, 0.15) is 11.1 Å². The Morgan fingerprint density at radius 2 is 1.63 bits per heavy atom. The van der Waals surface area contributed by atoms with Crippen LogP contribution in [-0.2, 0) is 18.0 Å².